The first-order valence-electron chi connectivity index (χ1n) is 13.1. The molecule has 3 fully saturated rings. The maximum Gasteiger partial charge on any atom is 0.220 e. The van der Waals surface area contributed by atoms with Crippen LogP contribution >= 0.6 is 11.6 Å². The molecule has 2 aromatic carbocycles. The summed E-state index contributed by atoms with van der Waals surface area (Å²) in [6.45, 7) is 7.39. The molecule has 6 heteroatoms. The summed E-state index contributed by atoms with van der Waals surface area (Å²) in [5, 5.41) is 0.362. The van der Waals surface area contributed by atoms with E-state index in [0.717, 1.165) is 37.1 Å². The summed E-state index contributed by atoms with van der Waals surface area (Å²) in [7, 11) is -3.30. The van der Waals surface area contributed by atoms with E-state index in [0.29, 0.717) is 31.0 Å². The molecule has 2 aliphatic carbocycles. The van der Waals surface area contributed by atoms with Crippen LogP contribution in [0.3, 0.4) is 0 Å². The van der Waals surface area contributed by atoms with E-state index in [1.165, 1.54) is 41.8 Å². The minimum atomic E-state index is -3.30. The third-order valence-corrected chi connectivity index (χ3v) is 11.2. The SMILES string of the molecule is C=CC(CC1CC1)S(=O)(=O)N1CC(c2ccc3c(c2)C(Cc2cccc(Cl)c2)C(N2CCC2)C3)C1. The van der Waals surface area contributed by atoms with E-state index in [-0.39, 0.29) is 5.92 Å². The average Bonchev–Trinajstić information content (AvgIpc) is 3.52. The molecule has 4 nitrogen and oxygen atoms in total. The Morgan fingerprint density at radius 3 is 2.57 bits per heavy atom. The highest BCUT2D eigenvalue weighted by Gasteiger charge is 2.43. The highest BCUT2D eigenvalue weighted by Crippen LogP contribution is 2.43. The summed E-state index contributed by atoms with van der Waals surface area (Å²) in [5.74, 6) is 1.29. The average molecular weight is 511 g/mol. The minimum absolute atomic E-state index is 0.274. The Kier molecular flexibility index (Phi) is 6.33. The summed E-state index contributed by atoms with van der Waals surface area (Å²) in [5.41, 5.74) is 5.49. The molecule has 2 aromatic rings. The van der Waals surface area contributed by atoms with Gasteiger partial charge in [0.15, 0.2) is 0 Å². The van der Waals surface area contributed by atoms with Crippen molar-refractivity contribution in [1.29, 1.82) is 0 Å². The molecular formula is C29H35ClN2O2S. The van der Waals surface area contributed by atoms with Gasteiger partial charge in [-0.15, -0.1) is 6.58 Å². The van der Waals surface area contributed by atoms with E-state index < -0.39 is 15.3 Å². The van der Waals surface area contributed by atoms with E-state index >= 15 is 0 Å². The number of hydrogen-bond acceptors (Lipinski definition) is 3. The van der Waals surface area contributed by atoms with Crippen LogP contribution in [0.1, 0.15) is 59.8 Å². The van der Waals surface area contributed by atoms with E-state index in [9.17, 15) is 8.42 Å². The lowest BCUT2D eigenvalue weighted by molar-refractivity contribution is 0.106. The van der Waals surface area contributed by atoms with Gasteiger partial charge in [-0.1, -0.05) is 60.9 Å². The van der Waals surface area contributed by atoms with Crippen molar-refractivity contribution in [2.24, 2.45) is 5.92 Å². The van der Waals surface area contributed by atoms with E-state index in [1.807, 2.05) is 12.1 Å². The Labute approximate surface area is 215 Å². The Morgan fingerprint density at radius 2 is 1.91 bits per heavy atom. The molecule has 3 unspecified atom stereocenters. The number of likely N-dealkylation sites (tertiary alicyclic amines) is 1. The van der Waals surface area contributed by atoms with Crippen LogP contribution in [0.15, 0.2) is 55.1 Å². The predicted octanol–water partition coefficient (Wildman–Crippen LogP) is 5.38. The first-order chi connectivity index (χ1) is 16.9. The van der Waals surface area contributed by atoms with Crippen LogP contribution in [0.2, 0.25) is 5.02 Å². The van der Waals surface area contributed by atoms with Crippen molar-refractivity contribution in [3.63, 3.8) is 0 Å². The van der Waals surface area contributed by atoms with Gasteiger partial charge in [-0.05, 0) is 79.1 Å². The maximum atomic E-state index is 13.1. The Balaban J connectivity index is 1.20. The zero-order valence-electron chi connectivity index (χ0n) is 20.3. The van der Waals surface area contributed by atoms with E-state index in [4.69, 9.17) is 11.6 Å². The van der Waals surface area contributed by atoms with E-state index in [2.05, 4.69) is 41.8 Å². The molecule has 6 rings (SSSR count). The molecule has 0 bridgehead atoms. The maximum absolute atomic E-state index is 13.1. The fourth-order valence-electron chi connectivity index (χ4n) is 6.26. The highest BCUT2D eigenvalue weighted by atomic mass is 35.5. The standard InChI is InChI=1S/C29H35ClN2O2S/c1-2-26(14-20-7-8-20)35(33,34)32-18-24(19-32)22-9-10-23-17-29(31-11-4-12-31)28(27(23)16-22)15-21-5-3-6-25(30)13-21/h2-3,5-6,9-10,13,16,20,24,26,28-29H,1,4,7-8,11-12,14-15,17-19H2. The van der Waals surface area contributed by atoms with Crippen LogP contribution in [0.4, 0.5) is 0 Å². The van der Waals surface area contributed by atoms with Crippen LogP contribution in [-0.4, -0.2) is 55.1 Å². The Morgan fingerprint density at radius 1 is 1.11 bits per heavy atom. The fourth-order valence-corrected chi connectivity index (χ4v) is 8.39. The molecule has 2 aliphatic heterocycles. The van der Waals surface area contributed by atoms with Gasteiger partial charge in [-0.2, -0.15) is 0 Å². The van der Waals surface area contributed by atoms with Gasteiger partial charge in [0.1, 0.15) is 0 Å². The summed E-state index contributed by atoms with van der Waals surface area (Å²) in [6.07, 6.45) is 8.08. The lowest BCUT2D eigenvalue weighted by atomic mass is 9.86. The van der Waals surface area contributed by atoms with Gasteiger partial charge in [0.05, 0.1) is 5.25 Å². The Bertz CT molecular complexity index is 1210. The van der Waals surface area contributed by atoms with Crippen molar-refractivity contribution in [2.45, 2.75) is 61.7 Å². The number of hydrogen-bond donors (Lipinski definition) is 0. The zero-order chi connectivity index (χ0) is 24.2. The Hall–Kier alpha value is -1.66. The third-order valence-electron chi connectivity index (χ3n) is 8.75. The second kappa shape index (κ2) is 9.33. The molecule has 4 aliphatic rings. The molecule has 3 atom stereocenters. The van der Waals surface area contributed by atoms with Gasteiger partial charge < -0.3 is 0 Å². The van der Waals surface area contributed by atoms with Crippen LogP contribution in [0.5, 0.6) is 0 Å². The van der Waals surface area contributed by atoms with Gasteiger partial charge in [0, 0.05) is 36.0 Å². The van der Waals surface area contributed by atoms with Gasteiger partial charge in [0.25, 0.3) is 0 Å². The first kappa shape index (κ1) is 23.7. The molecule has 1 saturated carbocycles. The normalized spacial score (nSPS) is 26.1. The molecule has 0 amide bonds. The summed E-state index contributed by atoms with van der Waals surface area (Å²) in [6, 6.07) is 15.8. The molecule has 2 heterocycles. The van der Waals surface area contributed by atoms with Crippen LogP contribution < -0.4 is 0 Å². The van der Waals surface area contributed by atoms with Crippen LogP contribution in [0, 0.1) is 5.92 Å². The number of nitrogens with zero attached hydrogens (tertiary/aromatic N) is 2. The minimum Gasteiger partial charge on any atom is -0.299 e. The van der Waals surface area contributed by atoms with Gasteiger partial charge >= 0.3 is 0 Å². The predicted molar refractivity (Wildman–Crippen MR) is 143 cm³/mol. The number of rotatable bonds is 9. The molecule has 186 valence electrons. The quantitative estimate of drug-likeness (QED) is 0.425. The van der Waals surface area contributed by atoms with Crippen molar-refractivity contribution in [1.82, 2.24) is 9.21 Å². The molecule has 2 saturated heterocycles. The lowest BCUT2D eigenvalue weighted by Gasteiger charge is -2.40. The molecule has 0 aromatic heterocycles. The molecular weight excluding hydrogens is 476 g/mol. The topological polar surface area (TPSA) is 40.6 Å². The smallest absolute Gasteiger partial charge is 0.220 e. The third kappa shape index (κ3) is 4.61. The van der Waals surface area contributed by atoms with Gasteiger partial charge in [-0.25, -0.2) is 12.7 Å². The second-order valence-electron chi connectivity index (χ2n) is 11.1. The van der Waals surface area contributed by atoms with Crippen molar-refractivity contribution in [3.05, 3.63) is 82.4 Å². The van der Waals surface area contributed by atoms with Crippen molar-refractivity contribution in [3.8, 4) is 0 Å². The number of halogens is 1. The fraction of sp³-hybridized carbons (Fsp3) is 0.517. The zero-order valence-corrected chi connectivity index (χ0v) is 21.9. The van der Waals surface area contributed by atoms with Crippen molar-refractivity contribution in [2.75, 3.05) is 26.2 Å². The highest BCUT2D eigenvalue weighted by molar-refractivity contribution is 7.89. The van der Waals surface area contributed by atoms with Crippen molar-refractivity contribution >= 4 is 21.6 Å². The largest absolute Gasteiger partial charge is 0.299 e. The van der Waals surface area contributed by atoms with Crippen molar-refractivity contribution < 1.29 is 8.42 Å². The second-order valence-corrected chi connectivity index (χ2v) is 13.7. The van der Waals surface area contributed by atoms with Crippen LogP contribution in [-0.2, 0) is 22.9 Å². The van der Waals surface area contributed by atoms with Gasteiger partial charge in [0.2, 0.25) is 10.0 Å². The molecule has 0 N–H and O–H groups in total. The lowest BCUT2D eigenvalue weighted by Crippen LogP contribution is -2.51. The van der Waals surface area contributed by atoms with Crippen LogP contribution in [0.25, 0.3) is 0 Å². The number of benzene rings is 2. The monoisotopic (exact) mass is 510 g/mol. The molecule has 35 heavy (non-hydrogen) atoms. The first-order valence-corrected chi connectivity index (χ1v) is 15.0. The number of sulfonamides is 1. The number of fused-ring (bicyclic) bond motifs is 1. The summed E-state index contributed by atoms with van der Waals surface area (Å²) < 4.78 is 28.0. The van der Waals surface area contributed by atoms with E-state index in [1.54, 1.807) is 10.4 Å². The molecule has 0 spiro atoms. The summed E-state index contributed by atoms with van der Waals surface area (Å²) in [4.78, 5) is 2.64. The molecule has 0 radical (unpaired) electrons. The van der Waals surface area contributed by atoms with Gasteiger partial charge in [-0.3, -0.25) is 4.90 Å². The summed E-state index contributed by atoms with van der Waals surface area (Å²) >= 11 is 6.31.